The fraction of sp³-hybridized carbons (Fsp3) is 0.579. The topological polar surface area (TPSA) is 119 Å². The molecule has 5 fully saturated rings. The molecule has 2 unspecified atom stereocenters. The maximum atomic E-state index is 14.7. The van der Waals surface area contributed by atoms with E-state index in [9.17, 15) is 18.0 Å². The standard InChI is InChI=1S/C38H48N4O6S/c1-25(2)49(45,46)40-34(43)28-11-14-30-31(17-28)42(33(27-9-12-29(47-3)13-10-27)32(30)26-7-5-4-6-8-26)20-36(15-16-36)35(44)41-21-37-18-39-19-38(37,22-41)24-48-23-37/h9-14,17,25-26,39H,4-8,15-16,18-24H2,1-3H3,(H,40,43). The van der Waals surface area contributed by atoms with Gasteiger partial charge in [0.05, 0.1) is 36.7 Å². The number of aromatic nitrogens is 1. The highest BCUT2D eigenvalue weighted by Gasteiger charge is 2.66. The molecule has 2 amide bonds. The van der Waals surface area contributed by atoms with Crippen LogP contribution in [0.25, 0.3) is 22.2 Å². The summed E-state index contributed by atoms with van der Waals surface area (Å²) >= 11 is 0. The summed E-state index contributed by atoms with van der Waals surface area (Å²) in [5, 5.41) is 3.91. The smallest absolute Gasteiger partial charge is 0.264 e. The number of carbonyl (C=O) groups excluding carboxylic acids is 2. The molecule has 2 saturated carbocycles. The Morgan fingerprint density at radius 3 is 2.29 bits per heavy atom. The van der Waals surface area contributed by atoms with E-state index in [-0.39, 0.29) is 22.3 Å². The Morgan fingerprint density at radius 1 is 1.00 bits per heavy atom. The van der Waals surface area contributed by atoms with Gasteiger partial charge in [0, 0.05) is 60.0 Å². The van der Waals surface area contributed by atoms with Crippen LogP contribution in [-0.4, -0.2) is 81.5 Å². The van der Waals surface area contributed by atoms with Crippen molar-refractivity contribution in [2.75, 3.05) is 46.5 Å². The van der Waals surface area contributed by atoms with Gasteiger partial charge >= 0.3 is 0 Å². The van der Waals surface area contributed by atoms with Gasteiger partial charge in [-0.3, -0.25) is 9.59 Å². The summed E-state index contributed by atoms with van der Waals surface area (Å²) in [5.41, 5.74) is 3.97. The molecular weight excluding hydrogens is 641 g/mol. The molecule has 0 bridgehead atoms. The van der Waals surface area contributed by atoms with Gasteiger partial charge in [-0.2, -0.15) is 0 Å². The van der Waals surface area contributed by atoms with Crippen LogP contribution in [0.2, 0.25) is 0 Å². The minimum Gasteiger partial charge on any atom is -0.497 e. The van der Waals surface area contributed by atoms with Crippen molar-refractivity contribution in [3.8, 4) is 17.0 Å². The van der Waals surface area contributed by atoms with Gasteiger partial charge in [-0.15, -0.1) is 0 Å². The highest BCUT2D eigenvalue weighted by Crippen LogP contribution is 2.57. The predicted molar refractivity (Wildman–Crippen MR) is 188 cm³/mol. The first-order valence-electron chi connectivity index (χ1n) is 17.9. The molecule has 2 N–H and O–H groups in total. The van der Waals surface area contributed by atoms with Gasteiger partial charge in [0.25, 0.3) is 5.91 Å². The third-order valence-electron chi connectivity index (χ3n) is 12.4. The van der Waals surface area contributed by atoms with Gasteiger partial charge in [0.1, 0.15) is 5.75 Å². The molecule has 3 aromatic rings. The normalized spacial score (nSPS) is 26.2. The molecule has 4 heterocycles. The van der Waals surface area contributed by atoms with Crippen LogP contribution in [0.1, 0.15) is 80.6 Å². The number of likely N-dealkylation sites (tertiary alicyclic amines) is 1. The first-order chi connectivity index (χ1) is 23.5. The largest absolute Gasteiger partial charge is 0.497 e. The van der Waals surface area contributed by atoms with Gasteiger partial charge in [-0.1, -0.05) is 25.3 Å². The Labute approximate surface area is 288 Å². The maximum absolute atomic E-state index is 14.7. The fourth-order valence-corrected chi connectivity index (χ4v) is 9.93. The second-order valence-electron chi connectivity index (χ2n) is 15.8. The van der Waals surface area contributed by atoms with Gasteiger partial charge in [-0.25, -0.2) is 13.1 Å². The molecule has 2 atom stereocenters. The minimum absolute atomic E-state index is 0.0140. The Kier molecular flexibility index (Phi) is 7.92. The molecule has 2 aromatic carbocycles. The maximum Gasteiger partial charge on any atom is 0.264 e. The van der Waals surface area contributed by atoms with Gasteiger partial charge in [0.15, 0.2) is 0 Å². The van der Waals surface area contributed by atoms with Crippen molar-refractivity contribution in [1.29, 1.82) is 0 Å². The van der Waals surface area contributed by atoms with Crippen LogP contribution in [0.3, 0.4) is 0 Å². The second kappa shape index (κ2) is 11.8. The third-order valence-corrected chi connectivity index (χ3v) is 14.2. The SMILES string of the molecule is COc1ccc(-c2c(C3CCCCC3)c3ccc(C(=O)NS(=O)(=O)C(C)C)cc3n2CC2(C(=O)N3CC45CNCC4(COC5)C3)CC2)cc1. The van der Waals surface area contributed by atoms with Crippen LogP contribution in [0.5, 0.6) is 5.75 Å². The monoisotopic (exact) mass is 688 g/mol. The average molecular weight is 689 g/mol. The van der Waals surface area contributed by atoms with Crippen molar-refractivity contribution in [3.63, 3.8) is 0 Å². The summed E-state index contributed by atoms with van der Waals surface area (Å²) in [4.78, 5) is 30.2. The summed E-state index contributed by atoms with van der Waals surface area (Å²) in [5.74, 6) is 0.688. The average Bonchev–Trinajstić information content (AvgIpc) is 3.36. The van der Waals surface area contributed by atoms with Crippen molar-refractivity contribution in [3.05, 3.63) is 53.6 Å². The van der Waals surface area contributed by atoms with E-state index in [2.05, 4.69) is 31.6 Å². The molecule has 3 saturated heterocycles. The summed E-state index contributed by atoms with van der Waals surface area (Å²) in [6.45, 7) is 8.21. The van der Waals surface area contributed by atoms with Crippen molar-refractivity contribution >= 4 is 32.7 Å². The number of hydrogen-bond donors (Lipinski definition) is 2. The zero-order valence-electron chi connectivity index (χ0n) is 28.8. The number of hydrogen-bond acceptors (Lipinski definition) is 7. The summed E-state index contributed by atoms with van der Waals surface area (Å²) in [6.07, 6.45) is 7.32. The quantitative estimate of drug-likeness (QED) is 0.323. The van der Waals surface area contributed by atoms with Gasteiger partial charge in [0.2, 0.25) is 15.9 Å². The van der Waals surface area contributed by atoms with Crippen LogP contribution >= 0.6 is 0 Å². The molecule has 10 nitrogen and oxygen atoms in total. The third kappa shape index (κ3) is 5.30. The molecular formula is C38H48N4O6S. The Hall–Kier alpha value is -3.41. The summed E-state index contributed by atoms with van der Waals surface area (Å²) < 4.78 is 41.4. The summed E-state index contributed by atoms with van der Waals surface area (Å²) in [6, 6.07) is 13.7. The van der Waals surface area contributed by atoms with E-state index in [1.807, 2.05) is 24.3 Å². The van der Waals surface area contributed by atoms with Crippen LogP contribution in [0, 0.1) is 16.2 Å². The number of nitrogens with one attached hydrogen (secondary N) is 2. The lowest BCUT2D eigenvalue weighted by Crippen LogP contribution is -2.42. The van der Waals surface area contributed by atoms with Crippen LogP contribution in [0.15, 0.2) is 42.5 Å². The molecule has 8 rings (SSSR count). The molecule has 5 aliphatic rings. The zero-order chi connectivity index (χ0) is 34.2. The lowest BCUT2D eigenvalue weighted by molar-refractivity contribution is -0.137. The first kappa shape index (κ1) is 32.8. The Bertz CT molecular complexity index is 1880. The second-order valence-corrected chi connectivity index (χ2v) is 18.0. The van der Waals surface area contributed by atoms with Crippen LogP contribution in [-0.2, 0) is 26.1 Å². The lowest BCUT2D eigenvalue weighted by atomic mass is 9.71. The van der Waals surface area contributed by atoms with E-state index >= 15 is 0 Å². The number of benzene rings is 2. The molecule has 3 aliphatic heterocycles. The predicted octanol–water partition coefficient (Wildman–Crippen LogP) is 5.06. The van der Waals surface area contributed by atoms with Gasteiger partial charge < -0.3 is 24.3 Å². The van der Waals surface area contributed by atoms with E-state index in [0.717, 1.165) is 92.6 Å². The van der Waals surface area contributed by atoms with Crippen LogP contribution < -0.4 is 14.8 Å². The molecule has 49 heavy (non-hydrogen) atoms. The van der Waals surface area contributed by atoms with Crippen molar-refractivity contribution in [2.24, 2.45) is 16.2 Å². The lowest BCUT2D eigenvalue weighted by Gasteiger charge is -2.28. The Morgan fingerprint density at radius 2 is 1.67 bits per heavy atom. The fourth-order valence-electron chi connectivity index (χ4n) is 9.32. The van der Waals surface area contributed by atoms with Crippen molar-refractivity contribution in [2.45, 2.75) is 76.5 Å². The van der Waals surface area contributed by atoms with E-state index in [0.29, 0.717) is 25.7 Å². The van der Waals surface area contributed by atoms with Crippen molar-refractivity contribution in [1.82, 2.24) is 19.5 Å². The molecule has 11 heteroatoms. The molecule has 0 spiro atoms. The van der Waals surface area contributed by atoms with E-state index in [1.165, 1.54) is 12.0 Å². The number of methoxy groups -OCH3 is 1. The number of nitrogens with zero attached hydrogens (tertiary/aromatic N) is 2. The highest BCUT2D eigenvalue weighted by atomic mass is 32.2. The molecule has 262 valence electrons. The minimum atomic E-state index is -3.81. The Balaban J connectivity index is 1.24. The van der Waals surface area contributed by atoms with E-state index in [4.69, 9.17) is 9.47 Å². The number of sulfonamides is 1. The van der Waals surface area contributed by atoms with E-state index in [1.54, 1.807) is 27.0 Å². The van der Waals surface area contributed by atoms with Crippen LogP contribution in [0.4, 0.5) is 0 Å². The number of amides is 2. The summed E-state index contributed by atoms with van der Waals surface area (Å²) in [7, 11) is -2.15. The van der Waals surface area contributed by atoms with Crippen molar-refractivity contribution < 1.29 is 27.5 Å². The van der Waals surface area contributed by atoms with Gasteiger partial charge in [-0.05, 0) is 93.0 Å². The highest BCUT2D eigenvalue weighted by molar-refractivity contribution is 7.90. The number of fused-ring (bicyclic) bond motifs is 1. The zero-order valence-corrected chi connectivity index (χ0v) is 29.7. The number of ether oxygens (including phenoxy) is 2. The molecule has 2 aliphatic carbocycles. The number of rotatable bonds is 9. The number of carbonyl (C=O) groups is 2. The van der Waals surface area contributed by atoms with E-state index < -0.39 is 26.6 Å². The first-order valence-corrected chi connectivity index (χ1v) is 19.5. The molecule has 1 aromatic heterocycles. The molecule has 0 radical (unpaired) electrons.